The van der Waals surface area contributed by atoms with E-state index in [-0.39, 0.29) is 6.42 Å². The van der Waals surface area contributed by atoms with Gasteiger partial charge in [0.1, 0.15) is 0 Å². The van der Waals surface area contributed by atoms with E-state index in [2.05, 4.69) is 43.4 Å². The van der Waals surface area contributed by atoms with Crippen molar-refractivity contribution in [3.05, 3.63) is 72.6 Å². The molecule has 0 aliphatic heterocycles. The van der Waals surface area contributed by atoms with Crippen molar-refractivity contribution in [1.82, 2.24) is 0 Å². The largest absolute Gasteiger partial charge is 0.512 e. The molecular weight excluding hydrogens is 312 g/mol. The van der Waals surface area contributed by atoms with Crippen LogP contribution < -0.4 is 0 Å². The van der Waals surface area contributed by atoms with Crippen molar-refractivity contribution >= 4 is 5.97 Å². The number of aliphatic hydroxyl groups excluding tert-OH is 1. The van der Waals surface area contributed by atoms with Crippen molar-refractivity contribution in [3.63, 3.8) is 0 Å². The lowest BCUT2D eigenvalue weighted by molar-refractivity contribution is -0.136. The quantitative estimate of drug-likeness (QED) is 0.282. The third-order valence-corrected chi connectivity index (χ3v) is 3.23. The van der Waals surface area contributed by atoms with E-state index in [0.29, 0.717) is 18.6 Å². The van der Waals surface area contributed by atoms with Crippen molar-refractivity contribution in [2.45, 2.75) is 58.3 Å². The van der Waals surface area contributed by atoms with Gasteiger partial charge in [-0.15, -0.1) is 0 Å². The average Bonchev–Trinajstić information content (AvgIpc) is 2.58. The number of carboxylic acids is 1. The molecule has 0 saturated carbocycles. The van der Waals surface area contributed by atoms with Gasteiger partial charge in [-0.1, -0.05) is 67.7 Å². The van der Waals surface area contributed by atoms with Crippen LogP contribution >= 0.6 is 0 Å². The first-order valence-corrected chi connectivity index (χ1v) is 9.01. The van der Waals surface area contributed by atoms with E-state index in [1.54, 1.807) is 0 Å². The summed E-state index contributed by atoms with van der Waals surface area (Å²) >= 11 is 0. The maximum absolute atomic E-state index is 10.3. The lowest BCUT2D eigenvalue weighted by Gasteiger charge is -1.93. The van der Waals surface area contributed by atoms with Gasteiger partial charge in [0.15, 0.2) is 0 Å². The van der Waals surface area contributed by atoms with Crippen LogP contribution in [0.5, 0.6) is 0 Å². The van der Waals surface area contributed by atoms with E-state index in [1.165, 1.54) is 0 Å². The first-order chi connectivity index (χ1) is 12.2. The third-order valence-electron chi connectivity index (χ3n) is 3.23. The van der Waals surface area contributed by atoms with Crippen molar-refractivity contribution in [1.29, 1.82) is 0 Å². The van der Waals surface area contributed by atoms with E-state index in [0.717, 1.165) is 32.1 Å². The van der Waals surface area contributed by atoms with Gasteiger partial charge in [-0.25, -0.2) is 0 Å². The maximum Gasteiger partial charge on any atom is 0.303 e. The number of hydrogen-bond acceptors (Lipinski definition) is 2. The van der Waals surface area contributed by atoms with Crippen LogP contribution in [0.1, 0.15) is 58.3 Å². The SMILES string of the molecule is CC/C=C\C/C=C\C/C(O)=C\C/C=C\C/C=C\C/C=C\CCC(=O)O. The van der Waals surface area contributed by atoms with Crippen LogP contribution in [0.3, 0.4) is 0 Å². The number of aliphatic hydroxyl groups is 1. The Morgan fingerprint density at radius 1 is 0.720 bits per heavy atom. The van der Waals surface area contributed by atoms with E-state index >= 15 is 0 Å². The Hall–Kier alpha value is -2.29. The normalized spacial score (nSPS) is 13.4. The molecule has 0 aliphatic carbocycles. The minimum absolute atomic E-state index is 0.189. The second-order valence-corrected chi connectivity index (χ2v) is 5.54. The number of allylic oxidation sites excluding steroid dienone is 11. The van der Waals surface area contributed by atoms with Crippen molar-refractivity contribution in [2.75, 3.05) is 0 Å². The third kappa shape index (κ3) is 19.7. The van der Waals surface area contributed by atoms with Crippen LogP contribution in [0, 0.1) is 0 Å². The molecule has 0 aliphatic rings. The summed E-state index contributed by atoms with van der Waals surface area (Å²) in [5, 5.41) is 18.2. The lowest BCUT2D eigenvalue weighted by Crippen LogP contribution is -1.91. The van der Waals surface area contributed by atoms with Gasteiger partial charge < -0.3 is 10.2 Å². The molecule has 0 aromatic heterocycles. The molecule has 0 unspecified atom stereocenters. The number of aliphatic carboxylic acids is 1. The lowest BCUT2D eigenvalue weighted by atomic mass is 10.2. The topological polar surface area (TPSA) is 57.5 Å². The fourth-order valence-corrected chi connectivity index (χ4v) is 1.89. The summed E-state index contributed by atoms with van der Waals surface area (Å²) in [4.78, 5) is 10.3. The van der Waals surface area contributed by atoms with Crippen LogP contribution in [0.4, 0.5) is 0 Å². The Balaban J connectivity index is 3.70. The van der Waals surface area contributed by atoms with Gasteiger partial charge in [-0.05, 0) is 44.6 Å². The molecule has 0 heterocycles. The molecule has 3 heteroatoms. The summed E-state index contributed by atoms with van der Waals surface area (Å²) in [6, 6.07) is 0. The number of rotatable bonds is 14. The predicted molar refractivity (Wildman–Crippen MR) is 107 cm³/mol. The highest BCUT2D eigenvalue weighted by molar-refractivity contribution is 5.66. The number of carbonyl (C=O) groups is 1. The zero-order valence-electron chi connectivity index (χ0n) is 15.3. The highest BCUT2D eigenvalue weighted by Crippen LogP contribution is 2.02. The second-order valence-electron chi connectivity index (χ2n) is 5.54. The van der Waals surface area contributed by atoms with E-state index in [1.807, 2.05) is 30.4 Å². The molecule has 3 nitrogen and oxygen atoms in total. The monoisotopic (exact) mass is 344 g/mol. The fourth-order valence-electron chi connectivity index (χ4n) is 1.89. The molecule has 2 N–H and O–H groups in total. The molecule has 0 aromatic carbocycles. The number of carboxylic acid groups (broad SMARTS) is 1. The Morgan fingerprint density at radius 2 is 1.24 bits per heavy atom. The summed E-state index contributed by atoms with van der Waals surface area (Å²) in [5.41, 5.74) is 0. The molecule has 0 atom stereocenters. The Labute approximate surface area is 152 Å². The van der Waals surface area contributed by atoms with Crippen LogP contribution in [0.2, 0.25) is 0 Å². The maximum atomic E-state index is 10.3. The van der Waals surface area contributed by atoms with E-state index in [9.17, 15) is 9.90 Å². The van der Waals surface area contributed by atoms with Crippen molar-refractivity contribution in [2.24, 2.45) is 0 Å². The summed E-state index contributed by atoms with van der Waals surface area (Å²) < 4.78 is 0. The van der Waals surface area contributed by atoms with Crippen LogP contribution in [0.25, 0.3) is 0 Å². The first kappa shape index (κ1) is 22.7. The molecule has 0 fully saturated rings. The van der Waals surface area contributed by atoms with Gasteiger partial charge in [-0.3, -0.25) is 4.79 Å². The molecule has 0 rings (SSSR count). The van der Waals surface area contributed by atoms with Crippen LogP contribution in [-0.4, -0.2) is 16.2 Å². The average molecular weight is 344 g/mol. The zero-order chi connectivity index (χ0) is 18.6. The smallest absolute Gasteiger partial charge is 0.303 e. The number of hydrogen-bond donors (Lipinski definition) is 2. The standard InChI is InChI=1S/C22H32O3/c1-2-3-4-5-12-15-18-21(23)19-16-13-10-8-6-7-9-11-14-17-20-22(24)25/h3-4,6-7,10-15,19,23H,2,5,8-9,16-18,20H2,1H3,(H,24,25)/b4-3-,7-6-,13-10-,14-11-,15-12-,21-19+. The molecule has 0 aromatic rings. The fraction of sp³-hybridized carbons (Fsp3) is 0.409. The zero-order valence-corrected chi connectivity index (χ0v) is 15.3. The van der Waals surface area contributed by atoms with Crippen LogP contribution in [0.15, 0.2) is 72.6 Å². The summed E-state index contributed by atoms with van der Waals surface area (Å²) in [7, 11) is 0. The van der Waals surface area contributed by atoms with E-state index < -0.39 is 5.97 Å². The van der Waals surface area contributed by atoms with E-state index in [4.69, 9.17) is 5.11 Å². The molecule has 0 spiro atoms. The molecule has 0 radical (unpaired) electrons. The van der Waals surface area contributed by atoms with Crippen LogP contribution in [-0.2, 0) is 4.79 Å². The first-order valence-electron chi connectivity index (χ1n) is 9.01. The Morgan fingerprint density at radius 3 is 1.84 bits per heavy atom. The summed E-state index contributed by atoms with van der Waals surface area (Å²) in [6.45, 7) is 2.11. The molecule has 138 valence electrons. The van der Waals surface area contributed by atoms with Gasteiger partial charge in [0, 0.05) is 12.8 Å². The predicted octanol–water partition coefficient (Wildman–Crippen LogP) is 6.43. The molecule has 0 bridgehead atoms. The van der Waals surface area contributed by atoms with Crippen molar-refractivity contribution < 1.29 is 15.0 Å². The molecule has 0 saturated heterocycles. The highest BCUT2D eigenvalue weighted by Gasteiger charge is 1.90. The van der Waals surface area contributed by atoms with Gasteiger partial charge in [-0.2, -0.15) is 0 Å². The van der Waals surface area contributed by atoms with Crippen molar-refractivity contribution in [3.8, 4) is 0 Å². The van der Waals surface area contributed by atoms with Gasteiger partial charge in [0.2, 0.25) is 0 Å². The molecular formula is C22H32O3. The minimum Gasteiger partial charge on any atom is -0.512 e. The summed E-state index contributed by atoms with van der Waals surface area (Å²) in [6.07, 6.45) is 28.0. The van der Waals surface area contributed by atoms with Gasteiger partial charge in [0.25, 0.3) is 0 Å². The highest BCUT2D eigenvalue weighted by atomic mass is 16.4. The summed E-state index contributed by atoms with van der Waals surface area (Å²) in [5.74, 6) is -0.354. The Bertz CT molecular complexity index is 505. The second kappa shape index (κ2) is 18.1. The van der Waals surface area contributed by atoms with Gasteiger partial charge >= 0.3 is 5.97 Å². The Kier molecular flexibility index (Phi) is 16.4. The van der Waals surface area contributed by atoms with Gasteiger partial charge in [0.05, 0.1) is 5.76 Å². The minimum atomic E-state index is -0.759. The molecule has 0 amide bonds. The molecule has 25 heavy (non-hydrogen) atoms.